The normalized spacial score (nSPS) is 20.6. The summed E-state index contributed by atoms with van der Waals surface area (Å²) in [5, 5.41) is 59.0. The van der Waals surface area contributed by atoms with Gasteiger partial charge in [0.1, 0.15) is 36.3 Å². The van der Waals surface area contributed by atoms with Crippen LogP contribution >= 0.6 is 0 Å². The second kappa shape index (κ2) is 33.0. The van der Waals surface area contributed by atoms with Gasteiger partial charge in [0.25, 0.3) is 0 Å². The van der Waals surface area contributed by atoms with E-state index in [9.17, 15) is 15.3 Å². The van der Waals surface area contributed by atoms with Crippen LogP contribution in [-0.4, -0.2) is 90.0 Å². The zero-order chi connectivity index (χ0) is 72.9. The number of rotatable bonds is 27. The lowest BCUT2D eigenvalue weighted by Crippen LogP contribution is -2.72. The van der Waals surface area contributed by atoms with Crippen LogP contribution in [0.5, 0.6) is 5.75 Å². The summed E-state index contributed by atoms with van der Waals surface area (Å²) in [5.41, 5.74) is 7.54. The molecule has 11 nitrogen and oxygen atoms in total. The molecular formula is C96H90N4O7. The highest BCUT2D eigenvalue weighted by atomic mass is 16.7. The van der Waals surface area contributed by atoms with Crippen LogP contribution in [0, 0.1) is 0 Å². The van der Waals surface area contributed by atoms with Crippen LogP contribution in [0.4, 0.5) is 0 Å². The van der Waals surface area contributed by atoms with Crippen molar-refractivity contribution in [2.75, 3.05) is 13.7 Å². The molecule has 0 aromatic heterocycles. The van der Waals surface area contributed by atoms with Crippen LogP contribution in [0.25, 0.3) is 0 Å². The summed E-state index contributed by atoms with van der Waals surface area (Å²) in [6.45, 7) is 0.0923. The number of ether oxygens (including phenoxy) is 4. The van der Waals surface area contributed by atoms with E-state index in [2.05, 4.69) is 203 Å². The zero-order valence-electron chi connectivity index (χ0n) is 59.8. The first-order valence-electron chi connectivity index (χ1n) is 37.1. The van der Waals surface area contributed by atoms with E-state index in [1.54, 1.807) is 7.11 Å². The Balaban J connectivity index is 0.948. The van der Waals surface area contributed by atoms with Crippen LogP contribution in [0.15, 0.2) is 388 Å². The van der Waals surface area contributed by atoms with E-state index in [4.69, 9.17) is 18.9 Å². The Morgan fingerprint density at radius 2 is 0.598 bits per heavy atom. The Morgan fingerprint density at radius 1 is 0.318 bits per heavy atom. The Morgan fingerprint density at radius 3 is 0.897 bits per heavy atom. The topological polar surface area (TPSA) is 146 Å². The zero-order valence-corrected chi connectivity index (χ0v) is 59.8. The number of aliphatic hydroxyl groups is 3. The van der Waals surface area contributed by atoms with Crippen molar-refractivity contribution >= 4 is 0 Å². The molecule has 2 fully saturated rings. The number of nitrogens with one attached hydrogen (secondary N) is 4. The lowest BCUT2D eigenvalue weighted by atomic mass is 9.72. The molecule has 1 aliphatic carbocycles. The van der Waals surface area contributed by atoms with E-state index in [0.29, 0.717) is 5.75 Å². The van der Waals surface area contributed by atoms with Gasteiger partial charge in [-0.2, -0.15) is 0 Å². The standard InChI is InChI=1S/C96H90N4O7/c1-104-82-64-62-69(63-65-82)68-105-91-86(100-96(79-56-32-11-33-57-79,80-58-34-12-35-59-80)81-60-36-13-37-61-81)92(106-85(88(91)102)67-97-93(70-38-14-2-15-39-70,71-40-16-3-17-41-71)72-42-18-4-19-43-72)107-90-84(99-95(76-50-26-8-27-51-76,77-52-28-9-29-53-77)78-54-30-10-31-55-78)66-83(87(101)89(90)103)98-94(73-44-20-5-21-45-73,74-46-22-6-23-47-74)75-48-24-7-25-49-75/h2-65,83-92,97-103H,66-68H2,1H3/t83-,84+,85-,86-,87+,88-,89-,90-,91-,92-/m1/s1. The third kappa shape index (κ3) is 14.5. The Bertz CT molecular complexity index is 4460. The summed E-state index contributed by atoms with van der Waals surface area (Å²) in [7, 11) is 1.65. The van der Waals surface area contributed by atoms with Crippen LogP contribution in [0.3, 0.4) is 0 Å². The molecule has 0 radical (unpaired) electrons. The molecular weight excluding hydrogens is 1320 g/mol. The highest BCUT2D eigenvalue weighted by molar-refractivity contribution is 5.55. The molecule has 1 aliphatic heterocycles. The van der Waals surface area contributed by atoms with E-state index < -0.39 is 83.2 Å². The predicted molar refractivity (Wildman–Crippen MR) is 423 cm³/mol. The summed E-state index contributed by atoms with van der Waals surface area (Å²) in [6, 6.07) is 129. The van der Waals surface area contributed by atoms with Crippen molar-refractivity contribution < 1.29 is 34.3 Å². The Kier molecular flexibility index (Phi) is 22.1. The molecule has 13 aromatic rings. The Labute approximate surface area is 628 Å². The smallest absolute Gasteiger partial charge is 0.176 e. The SMILES string of the molecule is COc1ccc(CO[C@H]2[C@H](O)[C@@H](CNC(c3ccccc3)(c3ccccc3)c3ccccc3)O[C@H](O[C@H]3[C@H](O)[C@@H](O)[C@H](NC(c4ccccc4)(c4ccccc4)c4ccccc4)C[C@@H]3NC(c3ccccc3)(c3ccccc3)c3ccccc3)[C@@H]2NC(c2ccccc2)(c2ccccc2)c2ccccc2)cc1. The predicted octanol–water partition coefficient (Wildman–Crippen LogP) is 15.6. The maximum atomic E-state index is 14.2. The lowest BCUT2D eigenvalue weighted by molar-refractivity contribution is -0.303. The molecule has 13 aromatic carbocycles. The summed E-state index contributed by atoms with van der Waals surface area (Å²) < 4.78 is 29.2. The van der Waals surface area contributed by atoms with Gasteiger partial charge < -0.3 is 34.3 Å². The van der Waals surface area contributed by atoms with Gasteiger partial charge in [-0.25, -0.2) is 0 Å². The van der Waals surface area contributed by atoms with Gasteiger partial charge in [-0.3, -0.25) is 21.3 Å². The minimum Gasteiger partial charge on any atom is -0.497 e. The molecule has 15 rings (SSSR count). The molecule has 536 valence electrons. The van der Waals surface area contributed by atoms with Gasteiger partial charge in [0.05, 0.1) is 48.0 Å². The van der Waals surface area contributed by atoms with Crippen molar-refractivity contribution in [2.24, 2.45) is 0 Å². The second-order valence-corrected chi connectivity index (χ2v) is 27.9. The van der Waals surface area contributed by atoms with Crippen LogP contribution in [0.2, 0.25) is 0 Å². The van der Waals surface area contributed by atoms with Gasteiger partial charge in [0.2, 0.25) is 0 Å². The molecule has 10 atom stereocenters. The van der Waals surface area contributed by atoms with Gasteiger partial charge in [-0.1, -0.05) is 376 Å². The van der Waals surface area contributed by atoms with Crippen molar-refractivity contribution in [3.05, 3.63) is 461 Å². The first kappa shape index (κ1) is 71.9. The maximum Gasteiger partial charge on any atom is 0.176 e. The van der Waals surface area contributed by atoms with Crippen molar-refractivity contribution in [3.8, 4) is 5.75 Å². The van der Waals surface area contributed by atoms with Gasteiger partial charge >= 0.3 is 0 Å². The molecule has 11 heteroatoms. The molecule has 0 amide bonds. The molecule has 0 spiro atoms. The van der Waals surface area contributed by atoms with E-state index in [1.807, 2.05) is 206 Å². The van der Waals surface area contributed by atoms with Crippen LogP contribution in [-0.2, 0) is 43.0 Å². The molecule has 7 N–H and O–H groups in total. The van der Waals surface area contributed by atoms with Gasteiger partial charge in [0, 0.05) is 18.6 Å². The second-order valence-electron chi connectivity index (χ2n) is 27.9. The molecule has 0 unspecified atom stereocenters. The summed E-state index contributed by atoms with van der Waals surface area (Å²) in [4.78, 5) is 0. The first-order chi connectivity index (χ1) is 52.7. The molecule has 1 saturated heterocycles. The average Bonchev–Trinajstić information content (AvgIpc) is 0.731. The maximum absolute atomic E-state index is 14.2. The average molecular weight is 1410 g/mol. The van der Waals surface area contributed by atoms with Gasteiger partial charge in [-0.15, -0.1) is 0 Å². The summed E-state index contributed by atoms with van der Waals surface area (Å²) >= 11 is 0. The van der Waals surface area contributed by atoms with E-state index in [0.717, 1.165) is 72.3 Å². The largest absolute Gasteiger partial charge is 0.497 e. The van der Waals surface area contributed by atoms with Crippen molar-refractivity contribution in [1.29, 1.82) is 0 Å². The fourth-order valence-corrected chi connectivity index (χ4v) is 16.7. The van der Waals surface area contributed by atoms with Crippen LogP contribution < -0.4 is 26.0 Å². The molecule has 107 heavy (non-hydrogen) atoms. The number of hydrogen-bond acceptors (Lipinski definition) is 11. The van der Waals surface area contributed by atoms with Gasteiger partial charge in [0.15, 0.2) is 6.29 Å². The highest BCUT2D eigenvalue weighted by Crippen LogP contribution is 2.46. The minimum absolute atomic E-state index is 0.0409. The third-order valence-electron chi connectivity index (χ3n) is 21.8. The number of methoxy groups -OCH3 is 1. The van der Waals surface area contributed by atoms with Crippen LogP contribution in [0.1, 0.15) is 78.7 Å². The molecule has 0 bridgehead atoms. The first-order valence-corrected chi connectivity index (χ1v) is 37.1. The molecule has 1 heterocycles. The molecule has 1 saturated carbocycles. The highest BCUT2D eigenvalue weighted by Gasteiger charge is 2.57. The van der Waals surface area contributed by atoms with Crippen molar-refractivity contribution in [1.82, 2.24) is 21.3 Å². The van der Waals surface area contributed by atoms with E-state index >= 15 is 0 Å². The van der Waals surface area contributed by atoms with Crippen molar-refractivity contribution in [3.63, 3.8) is 0 Å². The number of aliphatic hydroxyl groups excluding tert-OH is 3. The molecule has 2 aliphatic rings. The van der Waals surface area contributed by atoms with Crippen molar-refractivity contribution in [2.45, 2.75) is 96.2 Å². The summed E-state index contributed by atoms with van der Waals surface area (Å²) in [6.07, 6.45) is -9.29. The monoisotopic (exact) mass is 1410 g/mol. The van der Waals surface area contributed by atoms with E-state index in [1.165, 1.54) is 0 Å². The lowest BCUT2D eigenvalue weighted by Gasteiger charge is -2.53. The third-order valence-corrected chi connectivity index (χ3v) is 21.8. The quantitative estimate of drug-likeness (QED) is 0.0247. The van der Waals surface area contributed by atoms with E-state index in [-0.39, 0.29) is 19.6 Å². The number of benzene rings is 13. The Hall–Kier alpha value is -10.7. The minimum atomic E-state index is -1.64. The fraction of sp³-hybridized carbons (Fsp3) is 0.188. The number of hydrogen-bond donors (Lipinski definition) is 7. The van der Waals surface area contributed by atoms with Gasteiger partial charge in [-0.05, 0) is 90.9 Å². The fourth-order valence-electron chi connectivity index (χ4n) is 16.7. The summed E-state index contributed by atoms with van der Waals surface area (Å²) in [5.74, 6) is 0.687.